The molecule has 9 heteroatoms. The summed E-state index contributed by atoms with van der Waals surface area (Å²) >= 11 is 11.1. The first-order chi connectivity index (χ1) is 22.2. The largest absolute Gasteiger partial charge is 0.325 e. The highest BCUT2D eigenvalue weighted by atomic mass is 79.9. The molecule has 230 valence electrons. The van der Waals surface area contributed by atoms with Gasteiger partial charge >= 0.3 is 0 Å². The van der Waals surface area contributed by atoms with E-state index in [2.05, 4.69) is 31.9 Å². The minimum Gasteiger partial charge on any atom is -0.325 e. The molecule has 5 rings (SSSR count). The molecular weight excluding hydrogens is 682 g/mol. The summed E-state index contributed by atoms with van der Waals surface area (Å²) in [5, 5.41) is 8.63. The predicted octanol–water partition coefficient (Wildman–Crippen LogP) is 9.29. The molecule has 1 unspecified atom stereocenters. The number of nitrogens with one attached hydrogen (secondary N) is 3. The average molecular weight is 711 g/mol. The van der Waals surface area contributed by atoms with Crippen LogP contribution in [0.5, 0.6) is 0 Å². The Labute approximate surface area is 285 Å². The molecule has 5 aromatic carbocycles. The maximum absolute atomic E-state index is 13.6. The van der Waals surface area contributed by atoms with Crippen LogP contribution in [0.2, 0.25) is 5.02 Å². The van der Waals surface area contributed by atoms with E-state index >= 15 is 0 Å². The van der Waals surface area contributed by atoms with E-state index in [1.165, 1.54) is 11.8 Å². The second-order valence-corrected chi connectivity index (χ2v) is 12.8. The van der Waals surface area contributed by atoms with Gasteiger partial charge in [-0.1, -0.05) is 100 Å². The summed E-state index contributed by atoms with van der Waals surface area (Å²) in [6.07, 6.45) is 1.62. The number of aryl methyl sites for hydroxylation is 1. The SMILES string of the molecule is Cc1ccc(NC(=O)C(Sc2cccc(NC(=O)/C(=C/c3ccc(Br)cc3)NC(=O)c3ccccc3)c2)c2ccccc2)cc1Cl. The van der Waals surface area contributed by atoms with Crippen LogP contribution < -0.4 is 16.0 Å². The highest BCUT2D eigenvalue weighted by molar-refractivity contribution is 9.10. The lowest BCUT2D eigenvalue weighted by Gasteiger charge is -2.18. The number of hydrogen-bond acceptors (Lipinski definition) is 4. The summed E-state index contributed by atoms with van der Waals surface area (Å²) in [5.41, 5.74) is 4.08. The maximum Gasteiger partial charge on any atom is 0.272 e. The Hall–Kier alpha value is -4.63. The number of thioether (sulfide) groups is 1. The fourth-order valence-electron chi connectivity index (χ4n) is 4.43. The normalized spacial score (nSPS) is 11.8. The Morgan fingerprint density at radius 1 is 0.761 bits per heavy atom. The smallest absolute Gasteiger partial charge is 0.272 e. The van der Waals surface area contributed by atoms with Crippen LogP contribution in [-0.2, 0) is 9.59 Å². The molecule has 0 aliphatic heterocycles. The van der Waals surface area contributed by atoms with Gasteiger partial charge in [-0.15, -0.1) is 11.8 Å². The summed E-state index contributed by atoms with van der Waals surface area (Å²) in [5.74, 6) is -1.12. The number of rotatable bonds is 10. The molecule has 0 radical (unpaired) electrons. The van der Waals surface area contributed by atoms with E-state index in [1.54, 1.807) is 54.6 Å². The number of amides is 3. The Balaban J connectivity index is 1.37. The van der Waals surface area contributed by atoms with Crippen molar-refractivity contribution in [1.29, 1.82) is 0 Å². The molecule has 0 aliphatic carbocycles. The van der Waals surface area contributed by atoms with E-state index in [1.807, 2.05) is 85.8 Å². The van der Waals surface area contributed by atoms with Crippen molar-refractivity contribution in [2.24, 2.45) is 0 Å². The van der Waals surface area contributed by atoms with Crippen molar-refractivity contribution in [3.8, 4) is 0 Å². The minimum absolute atomic E-state index is 0.0764. The molecule has 0 saturated heterocycles. The third-order valence-corrected chi connectivity index (χ3v) is 9.02. The van der Waals surface area contributed by atoms with Gasteiger partial charge in [0.25, 0.3) is 11.8 Å². The fourth-order valence-corrected chi connectivity index (χ4v) is 5.96. The zero-order chi connectivity index (χ0) is 32.5. The lowest BCUT2D eigenvalue weighted by atomic mass is 10.1. The van der Waals surface area contributed by atoms with Gasteiger partial charge in [0.2, 0.25) is 5.91 Å². The van der Waals surface area contributed by atoms with Gasteiger partial charge in [0.15, 0.2) is 0 Å². The minimum atomic E-state index is -0.592. The molecule has 6 nitrogen and oxygen atoms in total. The molecule has 1 atom stereocenters. The van der Waals surface area contributed by atoms with Crippen molar-refractivity contribution in [2.45, 2.75) is 17.1 Å². The van der Waals surface area contributed by atoms with Gasteiger partial charge in [-0.3, -0.25) is 14.4 Å². The van der Waals surface area contributed by atoms with E-state index < -0.39 is 17.1 Å². The quantitative estimate of drug-likeness (QED) is 0.0996. The molecule has 0 bridgehead atoms. The van der Waals surface area contributed by atoms with Crippen LogP contribution in [0.25, 0.3) is 6.08 Å². The highest BCUT2D eigenvalue weighted by Crippen LogP contribution is 2.37. The summed E-state index contributed by atoms with van der Waals surface area (Å²) in [7, 11) is 0. The molecule has 3 N–H and O–H groups in total. The fraction of sp³-hybridized carbons (Fsp3) is 0.0541. The summed E-state index contributed by atoms with van der Waals surface area (Å²) in [6.45, 7) is 1.90. The number of benzene rings is 5. The van der Waals surface area contributed by atoms with E-state index in [4.69, 9.17) is 11.6 Å². The van der Waals surface area contributed by atoms with Gasteiger partial charge in [-0.2, -0.15) is 0 Å². The second-order valence-electron chi connectivity index (χ2n) is 10.3. The standard InChI is InChI=1S/C37H29BrClN3O3S/c1-24-15-20-30(23-32(24)39)41-37(45)34(26-9-4-2-5-10-26)46-31-14-8-13-29(22-31)40-36(44)33(21-25-16-18-28(38)19-17-25)42-35(43)27-11-6-3-7-12-27/h2-23,34H,1H3,(H,40,44)(H,41,45)(H,42,43)/b33-21-. The zero-order valence-electron chi connectivity index (χ0n) is 24.7. The van der Waals surface area contributed by atoms with Crippen LogP contribution in [0, 0.1) is 6.92 Å². The van der Waals surface area contributed by atoms with Crippen molar-refractivity contribution in [1.82, 2.24) is 5.32 Å². The number of carbonyl (C=O) groups is 3. The number of halogens is 2. The van der Waals surface area contributed by atoms with E-state index in [0.29, 0.717) is 22.0 Å². The molecule has 0 saturated carbocycles. The molecule has 0 fully saturated rings. The summed E-state index contributed by atoms with van der Waals surface area (Å²) < 4.78 is 0.892. The third-order valence-electron chi connectivity index (χ3n) is 6.84. The molecule has 46 heavy (non-hydrogen) atoms. The monoisotopic (exact) mass is 709 g/mol. The van der Waals surface area contributed by atoms with Crippen LogP contribution in [0.4, 0.5) is 11.4 Å². The third kappa shape index (κ3) is 8.97. The molecule has 0 heterocycles. The van der Waals surface area contributed by atoms with Gasteiger partial charge in [-0.25, -0.2) is 0 Å². The first-order valence-corrected chi connectivity index (χ1v) is 16.3. The van der Waals surface area contributed by atoms with Crippen molar-refractivity contribution in [2.75, 3.05) is 10.6 Å². The first-order valence-electron chi connectivity index (χ1n) is 14.3. The van der Waals surface area contributed by atoms with Crippen LogP contribution >= 0.6 is 39.3 Å². The Bertz CT molecular complexity index is 1880. The van der Waals surface area contributed by atoms with Crippen LogP contribution in [0.3, 0.4) is 0 Å². The van der Waals surface area contributed by atoms with Crippen LogP contribution in [-0.4, -0.2) is 17.7 Å². The van der Waals surface area contributed by atoms with E-state index in [-0.39, 0.29) is 11.6 Å². The Morgan fingerprint density at radius 3 is 2.13 bits per heavy atom. The number of carbonyl (C=O) groups excluding carboxylic acids is 3. The van der Waals surface area contributed by atoms with E-state index in [9.17, 15) is 14.4 Å². The van der Waals surface area contributed by atoms with Crippen molar-refractivity contribution >= 4 is 74.5 Å². The molecule has 5 aromatic rings. The first kappa shape index (κ1) is 32.8. The predicted molar refractivity (Wildman–Crippen MR) is 191 cm³/mol. The lowest BCUT2D eigenvalue weighted by Crippen LogP contribution is -2.30. The van der Waals surface area contributed by atoms with Crippen molar-refractivity contribution < 1.29 is 14.4 Å². The van der Waals surface area contributed by atoms with Gasteiger partial charge < -0.3 is 16.0 Å². The van der Waals surface area contributed by atoms with Crippen LogP contribution in [0.15, 0.2) is 142 Å². The molecule has 0 aromatic heterocycles. The number of anilines is 2. The molecular formula is C37H29BrClN3O3S. The molecule has 0 aliphatic rings. The van der Waals surface area contributed by atoms with Crippen molar-refractivity contribution in [3.63, 3.8) is 0 Å². The molecule has 0 spiro atoms. The maximum atomic E-state index is 13.6. The Kier molecular flexibility index (Phi) is 11.1. The lowest BCUT2D eigenvalue weighted by molar-refractivity contribution is -0.116. The number of hydrogen-bond donors (Lipinski definition) is 3. The van der Waals surface area contributed by atoms with E-state index in [0.717, 1.165) is 26.1 Å². The highest BCUT2D eigenvalue weighted by Gasteiger charge is 2.23. The van der Waals surface area contributed by atoms with Gasteiger partial charge in [0.05, 0.1) is 0 Å². The van der Waals surface area contributed by atoms with Crippen molar-refractivity contribution in [3.05, 3.63) is 165 Å². The average Bonchev–Trinajstić information content (AvgIpc) is 3.07. The van der Waals surface area contributed by atoms with Crippen LogP contribution in [0.1, 0.15) is 32.3 Å². The summed E-state index contributed by atoms with van der Waals surface area (Å²) in [6, 6.07) is 38.2. The summed E-state index contributed by atoms with van der Waals surface area (Å²) in [4.78, 5) is 40.9. The van der Waals surface area contributed by atoms with Gasteiger partial charge in [0, 0.05) is 31.3 Å². The topological polar surface area (TPSA) is 87.3 Å². The van der Waals surface area contributed by atoms with Gasteiger partial charge in [0.1, 0.15) is 10.9 Å². The zero-order valence-corrected chi connectivity index (χ0v) is 27.8. The van der Waals surface area contributed by atoms with Gasteiger partial charge in [-0.05, 0) is 84.3 Å². The Morgan fingerprint density at radius 2 is 1.43 bits per heavy atom. The molecule has 3 amide bonds. The second kappa shape index (κ2) is 15.6.